The summed E-state index contributed by atoms with van der Waals surface area (Å²) in [5.74, 6) is 0.520. The molecule has 0 amide bonds. The Bertz CT molecular complexity index is 749. The van der Waals surface area contributed by atoms with Crippen LogP contribution >= 0.6 is 0 Å². The Balaban J connectivity index is 1.71. The van der Waals surface area contributed by atoms with Crippen LogP contribution in [0.4, 0.5) is 5.69 Å². The summed E-state index contributed by atoms with van der Waals surface area (Å²) in [6.45, 7) is 1.95. The van der Waals surface area contributed by atoms with Crippen molar-refractivity contribution in [1.82, 2.24) is 10.6 Å². The monoisotopic (exact) mass is 326 g/mol. The van der Waals surface area contributed by atoms with Crippen molar-refractivity contribution in [3.63, 3.8) is 0 Å². The molecule has 2 heterocycles. The van der Waals surface area contributed by atoms with Crippen LogP contribution in [0, 0.1) is 11.3 Å². The number of aliphatic hydroxyl groups is 2. The SMILES string of the molecule is C[C@H](NC1=C[C@H](O)N(c2ccoc2)[C@@H](O)N1)c1ccc(C#N)cc1. The van der Waals surface area contributed by atoms with Gasteiger partial charge in [0.1, 0.15) is 12.1 Å². The average Bonchev–Trinajstić information content (AvgIpc) is 3.08. The fraction of sp³-hybridized carbons (Fsp3) is 0.235. The first kappa shape index (κ1) is 15.9. The van der Waals surface area contributed by atoms with Gasteiger partial charge in [0.15, 0.2) is 6.23 Å². The van der Waals surface area contributed by atoms with E-state index in [0.717, 1.165) is 5.56 Å². The minimum Gasteiger partial charge on any atom is -0.470 e. The minimum atomic E-state index is -1.10. The second-order valence-electron chi connectivity index (χ2n) is 5.50. The molecule has 1 aliphatic heterocycles. The van der Waals surface area contributed by atoms with Gasteiger partial charge in [-0.2, -0.15) is 5.26 Å². The summed E-state index contributed by atoms with van der Waals surface area (Å²) in [6, 6.07) is 10.9. The van der Waals surface area contributed by atoms with Gasteiger partial charge in [-0.25, -0.2) is 0 Å². The van der Waals surface area contributed by atoms with Crippen molar-refractivity contribution < 1.29 is 14.6 Å². The average molecular weight is 326 g/mol. The van der Waals surface area contributed by atoms with Crippen molar-refractivity contribution >= 4 is 5.69 Å². The zero-order valence-electron chi connectivity index (χ0n) is 13.0. The van der Waals surface area contributed by atoms with E-state index in [2.05, 4.69) is 16.7 Å². The molecular weight excluding hydrogens is 308 g/mol. The summed E-state index contributed by atoms with van der Waals surface area (Å²) in [6.07, 6.45) is 2.38. The highest BCUT2D eigenvalue weighted by Crippen LogP contribution is 2.23. The number of aliphatic hydroxyl groups excluding tert-OH is 2. The Morgan fingerprint density at radius 3 is 2.62 bits per heavy atom. The molecule has 24 heavy (non-hydrogen) atoms. The van der Waals surface area contributed by atoms with Crippen molar-refractivity contribution in [3.05, 3.63) is 65.9 Å². The molecule has 0 bridgehead atoms. The summed E-state index contributed by atoms with van der Waals surface area (Å²) in [4.78, 5) is 1.38. The van der Waals surface area contributed by atoms with E-state index in [1.165, 1.54) is 17.4 Å². The van der Waals surface area contributed by atoms with Crippen LogP contribution in [0.25, 0.3) is 0 Å². The van der Waals surface area contributed by atoms with E-state index >= 15 is 0 Å². The van der Waals surface area contributed by atoms with E-state index in [1.54, 1.807) is 24.3 Å². The Hall–Kier alpha value is -2.95. The van der Waals surface area contributed by atoms with Gasteiger partial charge < -0.3 is 25.3 Å². The van der Waals surface area contributed by atoms with Gasteiger partial charge in [-0.15, -0.1) is 0 Å². The predicted octanol–water partition coefficient (Wildman–Crippen LogP) is 1.35. The lowest BCUT2D eigenvalue weighted by Gasteiger charge is -2.38. The number of benzene rings is 1. The van der Waals surface area contributed by atoms with E-state index < -0.39 is 12.6 Å². The number of nitrogens with zero attached hydrogens (tertiary/aromatic N) is 2. The van der Waals surface area contributed by atoms with E-state index in [0.29, 0.717) is 17.1 Å². The molecule has 0 saturated carbocycles. The molecule has 0 aliphatic carbocycles. The molecule has 0 saturated heterocycles. The maximum absolute atomic E-state index is 10.3. The van der Waals surface area contributed by atoms with Gasteiger partial charge in [0.25, 0.3) is 0 Å². The summed E-state index contributed by atoms with van der Waals surface area (Å²) in [5.41, 5.74) is 2.15. The highest BCUT2D eigenvalue weighted by atomic mass is 16.3. The first-order chi connectivity index (χ1) is 11.6. The number of hydrogen-bond donors (Lipinski definition) is 4. The highest BCUT2D eigenvalue weighted by molar-refractivity contribution is 5.46. The molecule has 2 aromatic rings. The predicted molar refractivity (Wildman–Crippen MR) is 87.1 cm³/mol. The number of nitrogens with one attached hydrogen (secondary N) is 2. The van der Waals surface area contributed by atoms with Crippen LogP contribution in [0.2, 0.25) is 0 Å². The van der Waals surface area contributed by atoms with Crippen LogP contribution in [0.3, 0.4) is 0 Å². The minimum absolute atomic E-state index is 0.0728. The lowest BCUT2D eigenvalue weighted by Crippen LogP contribution is -2.56. The highest BCUT2D eigenvalue weighted by Gasteiger charge is 2.29. The Labute approximate surface area is 139 Å². The fourth-order valence-electron chi connectivity index (χ4n) is 2.58. The van der Waals surface area contributed by atoms with Crippen LogP contribution in [0.15, 0.2) is 59.2 Å². The van der Waals surface area contributed by atoms with Crippen molar-refractivity contribution in [2.75, 3.05) is 4.90 Å². The van der Waals surface area contributed by atoms with Crippen molar-refractivity contribution in [2.24, 2.45) is 0 Å². The van der Waals surface area contributed by atoms with Gasteiger partial charge >= 0.3 is 0 Å². The summed E-state index contributed by atoms with van der Waals surface area (Å²) >= 11 is 0. The van der Waals surface area contributed by atoms with Crippen molar-refractivity contribution in [1.29, 1.82) is 5.26 Å². The zero-order valence-corrected chi connectivity index (χ0v) is 13.0. The molecule has 0 radical (unpaired) electrons. The Kier molecular flexibility index (Phi) is 4.42. The van der Waals surface area contributed by atoms with Crippen LogP contribution in [-0.2, 0) is 0 Å². The quantitative estimate of drug-likeness (QED) is 0.672. The van der Waals surface area contributed by atoms with Crippen LogP contribution < -0.4 is 15.5 Å². The molecule has 7 heteroatoms. The topological polar surface area (TPSA) is 105 Å². The van der Waals surface area contributed by atoms with Crippen molar-refractivity contribution in [3.8, 4) is 6.07 Å². The second kappa shape index (κ2) is 6.66. The molecule has 0 fully saturated rings. The van der Waals surface area contributed by atoms with E-state index in [1.807, 2.05) is 19.1 Å². The number of rotatable bonds is 4. The number of furan rings is 1. The third kappa shape index (κ3) is 3.20. The molecule has 3 atom stereocenters. The molecule has 4 N–H and O–H groups in total. The molecule has 7 nitrogen and oxygen atoms in total. The summed E-state index contributed by atoms with van der Waals surface area (Å²) in [7, 11) is 0. The number of hydrogen-bond acceptors (Lipinski definition) is 7. The smallest absolute Gasteiger partial charge is 0.208 e. The Morgan fingerprint density at radius 1 is 1.29 bits per heavy atom. The first-order valence-electron chi connectivity index (χ1n) is 7.50. The van der Waals surface area contributed by atoms with Gasteiger partial charge in [-0.05, 0) is 30.7 Å². The van der Waals surface area contributed by atoms with Crippen LogP contribution in [0.5, 0.6) is 0 Å². The van der Waals surface area contributed by atoms with E-state index in [9.17, 15) is 10.2 Å². The molecule has 0 unspecified atom stereocenters. The molecule has 1 aromatic heterocycles. The maximum atomic E-state index is 10.3. The molecule has 0 spiro atoms. The van der Waals surface area contributed by atoms with Crippen molar-refractivity contribution in [2.45, 2.75) is 25.5 Å². The largest absolute Gasteiger partial charge is 0.470 e. The summed E-state index contributed by atoms with van der Waals surface area (Å²) in [5, 5.41) is 35.4. The maximum Gasteiger partial charge on any atom is 0.208 e. The fourth-order valence-corrected chi connectivity index (χ4v) is 2.58. The number of anilines is 1. The van der Waals surface area contributed by atoms with Gasteiger partial charge in [0.2, 0.25) is 6.35 Å². The second-order valence-corrected chi connectivity index (χ2v) is 5.50. The normalized spacial score (nSPS) is 21.4. The standard InChI is InChI=1S/C17H18N4O3/c1-11(13-4-2-12(9-18)3-5-13)19-15-8-16(22)21(17(23)20-15)14-6-7-24-10-14/h2-8,10-11,16-17,19-20,22-23H,1H3/t11-,16-,17-/m0/s1. The van der Waals surface area contributed by atoms with Gasteiger partial charge in [-0.1, -0.05) is 12.1 Å². The molecule has 1 aromatic carbocycles. The summed E-state index contributed by atoms with van der Waals surface area (Å²) < 4.78 is 4.98. The molecular formula is C17H18N4O3. The number of nitriles is 1. The first-order valence-corrected chi connectivity index (χ1v) is 7.50. The van der Waals surface area contributed by atoms with Gasteiger partial charge in [0.05, 0.1) is 23.6 Å². The lowest BCUT2D eigenvalue weighted by atomic mass is 10.1. The third-order valence-corrected chi connectivity index (χ3v) is 3.86. The van der Waals surface area contributed by atoms with Gasteiger partial charge in [0, 0.05) is 12.1 Å². The molecule has 3 rings (SSSR count). The van der Waals surface area contributed by atoms with Crippen LogP contribution in [0.1, 0.15) is 24.1 Å². The zero-order chi connectivity index (χ0) is 17.1. The Morgan fingerprint density at radius 2 is 2.04 bits per heavy atom. The van der Waals surface area contributed by atoms with E-state index in [-0.39, 0.29) is 6.04 Å². The van der Waals surface area contributed by atoms with Gasteiger partial charge in [-0.3, -0.25) is 4.90 Å². The lowest BCUT2D eigenvalue weighted by molar-refractivity contribution is 0.0754. The van der Waals surface area contributed by atoms with E-state index in [4.69, 9.17) is 9.68 Å². The molecule has 124 valence electrons. The third-order valence-electron chi connectivity index (χ3n) is 3.86. The molecule has 1 aliphatic rings. The van der Waals surface area contributed by atoms with Crippen LogP contribution in [-0.4, -0.2) is 22.8 Å².